The summed E-state index contributed by atoms with van der Waals surface area (Å²) in [6, 6.07) is 7.38. The Bertz CT molecular complexity index is 899. The number of hydrogen-bond acceptors (Lipinski definition) is 8. The SMILES string of the molecule is CCOC(=O)C1=C(C)OC(N)=C(C#N)C1c1cc(Br)ccc1OCC1OCCO1. The molecule has 2 aliphatic rings. The Hall–Kier alpha value is -2.54. The quantitative estimate of drug-likeness (QED) is 0.639. The fourth-order valence-electron chi connectivity index (χ4n) is 3.20. The predicted molar refractivity (Wildman–Crippen MR) is 105 cm³/mol. The summed E-state index contributed by atoms with van der Waals surface area (Å²) in [4.78, 5) is 12.7. The van der Waals surface area contributed by atoms with Crippen LogP contribution in [0.2, 0.25) is 0 Å². The number of nitrogens with two attached hydrogens (primary N) is 1. The number of rotatable bonds is 6. The largest absolute Gasteiger partial charge is 0.488 e. The maximum atomic E-state index is 12.7. The molecule has 0 aliphatic carbocycles. The van der Waals surface area contributed by atoms with Crippen molar-refractivity contribution in [2.75, 3.05) is 26.4 Å². The van der Waals surface area contributed by atoms with E-state index in [0.29, 0.717) is 24.5 Å². The average molecular weight is 465 g/mol. The van der Waals surface area contributed by atoms with Gasteiger partial charge in [0, 0.05) is 10.0 Å². The smallest absolute Gasteiger partial charge is 0.338 e. The number of halogens is 1. The van der Waals surface area contributed by atoms with Gasteiger partial charge in [-0.3, -0.25) is 0 Å². The Morgan fingerprint density at radius 1 is 1.38 bits per heavy atom. The van der Waals surface area contributed by atoms with E-state index < -0.39 is 18.2 Å². The minimum atomic E-state index is -0.800. The van der Waals surface area contributed by atoms with Crippen molar-refractivity contribution in [2.24, 2.45) is 5.73 Å². The van der Waals surface area contributed by atoms with E-state index in [2.05, 4.69) is 22.0 Å². The number of hydrogen-bond donors (Lipinski definition) is 1. The predicted octanol–water partition coefficient (Wildman–Crippen LogP) is 2.85. The van der Waals surface area contributed by atoms with Crippen LogP contribution in [0, 0.1) is 11.3 Å². The molecule has 0 aromatic heterocycles. The van der Waals surface area contributed by atoms with Gasteiger partial charge in [0.1, 0.15) is 29.8 Å². The highest BCUT2D eigenvalue weighted by Gasteiger charge is 2.38. The molecule has 0 amide bonds. The third kappa shape index (κ3) is 4.56. The molecule has 0 saturated carbocycles. The van der Waals surface area contributed by atoms with Crippen molar-refractivity contribution < 1.29 is 28.5 Å². The maximum Gasteiger partial charge on any atom is 0.338 e. The highest BCUT2D eigenvalue weighted by atomic mass is 79.9. The van der Waals surface area contributed by atoms with Gasteiger partial charge in [0.25, 0.3) is 0 Å². The molecule has 0 spiro atoms. The zero-order valence-electron chi connectivity index (χ0n) is 16.1. The first kappa shape index (κ1) is 21.2. The van der Waals surface area contributed by atoms with Crippen molar-refractivity contribution >= 4 is 21.9 Å². The van der Waals surface area contributed by atoms with Gasteiger partial charge in [-0.25, -0.2) is 4.79 Å². The van der Waals surface area contributed by atoms with E-state index in [4.69, 9.17) is 29.4 Å². The molecule has 1 saturated heterocycles. The van der Waals surface area contributed by atoms with Gasteiger partial charge in [-0.2, -0.15) is 5.26 Å². The molecule has 0 radical (unpaired) electrons. The van der Waals surface area contributed by atoms with Crippen LogP contribution >= 0.6 is 15.9 Å². The van der Waals surface area contributed by atoms with E-state index >= 15 is 0 Å². The van der Waals surface area contributed by atoms with Gasteiger partial charge in [0.15, 0.2) is 6.29 Å². The molecule has 1 fully saturated rings. The number of carbonyl (C=O) groups excluding carboxylic acids is 1. The van der Waals surface area contributed by atoms with E-state index in [1.54, 1.807) is 32.0 Å². The van der Waals surface area contributed by atoms with Gasteiger partial charge in [-0.05, 0) is 32.0 Å². The Morgan fingerprint density at radius 2 is 2.10 bits per heavy atom. The van der Waals surface area contributed by atoms with Crippen molar-refractivity contribution in [1.29, 1.82) is 5.26 Å². The highest BCUT2D eigenvalue weighted by Crippen LogP contribution is 2.44. The second-order valence-electron chi connectivity index (χ2n) is 6.28. The molecular formula is C20H21BrN2O6. The maximum absolute atomic E-state index is 12.7. The summed E-state index contributed by atoms with van der Waals surface area (Å²) in [6.45, 7) is 4.68. The molecule has 3 rings (SSSR count). The number of carbonyl (C=O) groups is 1. The summed E-state index contributed by atoms with van der Waals surface area (Å²) in [6.07, 6.45) is -0.473. The van der Waals surface area contributed by atoms with Crippen LogP contribution in [-0.4, -0.2) is 38.7 Å². The van der Waals surface area contributed by atoms with Gasteiger partial charge in [0.05, 0.1) is 31.3 Å². The van der Waals surface area contributed by atoms with E-state index in [-0.39, 0.29) is 36.0 Å². The Kier molecular flexibility index (Phi) is 6.79. The zero-order chi connectivity index (χ0) is 21.0. The van der Waals surface area contributed by atoms with Gasteiger partial charge in [-0.1, -0.05) is 15.9 Å². The average Bonchev–Trinajstić information content (AvgIpc) is 3.20. The fraction of sp³-hybridized carbons (Fsp3) is 0.400. The van der Waals surface area contributed by atoms with Crippen LogP contribution in [0.15, 0.2) is 45.5 Å². The van der Waals surface area contributed by atoms with Crippen LogP contribution in [0.4, 0.5) is 0 Å². The van der Waals surface area contributed by atoms with E-state index in [9.17, 15) is 10.1 Å². The van der Waals surface area contributed by atoms with Crippen molar-refractivity contribution in [3.63, 3.8) is 0 Å². The van der Waals surface area contributed by atoms with Crippen LogP contribution in [-0.2, 0) is 23.7 Å². The molecule has 1 aromatic rings. The van der Waals surface area contributed by atoms with Gasteiger partial charge < -0.3 is 29.4 Å². The molecule has 8 nitrogen and oxygen atoms in total. The monoisotopic (exact) mass is 464 g/mol. The van der Waals surface area contributed by atoms with Crippen molar-refractivity contribution in [2.45, 2.75) is 26.1 Å². The minimum Gasteiger partial charge on any atom is -0.488 e. The Balaban J connectivity index is 2.05. The highest BCUT2D eigenvalue weighted by molar-refractivity contribution is 9.10. The van der Waals surface area contributed by atoms with E-state index in [1.165, 1.54) is 0 Å². The number of nitrogens with zero attached hydrogens (tertiary/aromatic N) is 1. The molecule has 1 atom stereocenters. The first-order chi connectivity index (χ1) is 14.0. The molecule has 0 bridgehead atoms. The Morgan fingerprint density at radius 3 is 2.76 bits per heavy atom. The third-order valence-electron chi connectivity index (χ3n) is 4.45. The van der Waals surface area contributed by atoms with E-state index in [1.807, 2.05) is 0 Å². The van der Waals surface area contributed by atoms with Crippen LogP contribution in [0.1, 0.15) is 25.3 Å². The lowest BCUT2D eigenvalue weighted by Crippen LogP contribution is -2.26. The van der Waals surface area contributed by atoms with Crippen LogP contribution in [0.25, 0.3) is 0 Å². The lowest BCUT2D eigenvalue weighted by atomic mass is 9.82. The summed E-state index contributed by atoms with van der Waals surface area (Å²) in [5, 5.41) is 9.74. The fourth-order valence-corrected chi connectivity index (χ4v) is 3.58. The van der Waals surface area contributed by atoms with Gasteiger partial charge >= 0.3 is 5.97 Å². The number of nitriles is 1. The topological polar surface area (TPSA) is 113 Å². The summed E-state index contributed by atoms with van der Waals surface area (Å²) in [5.74, 6) is -0.696. The van der Waals surface area contributed by atoms with E-state index in [0.717, 1.165) is 4.47 Å². The summed E-state index contributed by atoms with van der Waals surface area (Å²) >= 11 is 3.44. The number of benzene rings is 1. The molecule has 29 heavy (non-hydrogen) atoms. The van der Waals surface area contributed by atoms with Crippen molar-refractivity contribution in [1.82, 2.24) is 0 Å². The van der Waals surface area contributed by atoms with Crippen LogP contribution in [0.5, 0.6) is 5.75 Å². The molecule has 1 aromatic carbocycles. The molecule has 154 valence electrons. The molecule has 9 heteroatoms. The second-order valence-corrected chi connectivity index (χ2v) is 7.20. The molecule has 2 aliphatic heterocycles. The first-order valence-electron chi connectivity index (χ1n) is 9.07. The summed E-state index contributed by atoms with van der Waals surface area (Å²) in [7, 11) is 0. The lowest BCUT2D eigenvalue weighted by molar-refractivity contribution is -0.139. The lowest BCUT2D eigenvalue weighted by Gasteiger charge is -2.28. The van der Waals surface area contributed by atoms with Crippen LogP contribution in [0.3, 0.4) is 0 Å². The minimum absolute atomic E-state index is 0.0589. The molecular weight excluding hydrogens is 444 g/mol. The van der Waals surface area contributed by atoms with Gasteiger partial charge in [-0.15, -0.1) is 0 Å². The van der Waals surface area contributed by atoms with Crippen LogP contribution < -0.4 is 10.5 Å². The van der Waals surface area contributed by atoms with Crippen molar-refractivity contribution in [3.8, 4) is 11.8 Å². The molecule has 2 heterocycles. The second kappa shape index (κ2) is 9.31. The third-order valence-corrected chi connectivity index (χ3v) is 4.94. The summed E-state index contributed by atoms with van der Waals surface area (Å²) < 4.78 is 28.1. The first-order valence-corrected chi connectivity index (χ1v) is 9.86. The number of allylic oxidation sites excluding steroid dienone is 2. The standard InChI is InChI=1S/C20H21BrN2O6/c1-3-25-20(24)17-11(2)29-19(23)14(9-22)18(17)13-8-12(21)4-5-15(13)28-10-16-26-6-7-27-16/h4-5,8,16,18H,3,6-7,10,23H2,1-2H3. The zero-order valence-corrected chi connectivity index (χ0v) is 17.7. The molecule has 2 N–H and O–H groups in total. The molecule has 1 unspecified atom stereocenters. The Labute approximate surface area is 176 Å². The normalized spacial score (nSPS) is 19.7. The number of ether oxygens (including phenoxy) is 5. The van der Waals surface area contributed by atoms with Crippen molar-refractivity contribution in [3.05, 3.63) is 51.0 Å². The number of esters is 1. The van der Waals surface area contributed by atoms with Gasteiger partial charge in [0.2, 0.25) is 5.88 Å². The summed E-state index contributed by atoms with van der Waals surface area (Å²) in [5.41, 5.74) is 6.84.